The first kappa shape index (κ1) is 31.1. The second-order valence-electron chi connectivity index (χ2n) is 11.9. The van der Waals surface area contributed by atoms with E-state index in [1.54, 1.807) is 17.2 Å². The molecule has 2 atom stereocenters. The molecule has 4 aromatic rings. The summed E-state index contributed by atoms with van der Waals surface area (Å²) >= 11 is 6.80. The first-order valence-electron chi connectivity index (χ1n) is 14.6. The van der Waals surface area contributed by atoms with Gasteiger partial charge in [-0.1, -0.05) is 45.9 Å². The number of halogens is 2. The van der Waals surface area contributed by atoms with Gasteiger partial charge in [0, 0.05) is 36.9 Å². The number of pyridine rings is 2. The second kappa shape index (κ2) is 12.0. The molecule has 0 spiro atoms. The third-order valence-electron chi connectivity index (χ3n) is 8.10. The number of nitrogens with zero attached hydrogens (tertiary/aromatic N) is 6. The van der Waals surface area contributed by atoms with Gasteiger partial charge < -0.3 is 14.9 Å². The van der Waals surface area contributed by atoms with Gasteiger partial charge >= 0.3 is 5.69 Å². The van der Waals surface area contributed by atoms with Crippen molar-refractivity contribution in [3.8, 4) is 22.7 Å². The number of aromatic nitrogens is 4. The number of fused-ring (bicyclic) bond motifs is 1. The molecule has 1 fully saturated rings. The van der Waals surface area contributed by atoms with Crippen molar-refractivity contribution in [1.29, 1.82) is 0 Å². The van der Waals surface area contributed by atoms with Crippen molar-refractivity contribution in [2.24, 2.45) is 0 Å². The highest BCUT2D eigenvalue weighted by molar-refractivity contribution is 6.34. The maximum absolute atomic E-state index is 15.1. The van der Waals surface area contributed by atoms with Crippen LogP contribution in [0.1, 0.15) is 64.6 Å². The number of phenols is 1. The summed E-state index contributed by atoms with van der Waals surface area (Å²) in [5.41, 5.74) is 1.85. The molecule has 4 heterocycles. The Bertz CT molecular complexity index is 1810. The lowest BCUT2D eigenvalue weighted by molar-refractivity contribution is -0.128. The Morgan fingerprint density at radius 1 is 1.09 bits per heavy atom. The Labute approximate surface area is 260 Å². The van der Waals surface area contributed by atoms with Gasteiger partial charge in [0.2, 0.25) is 5.91 Å². The fraction of sp³-hybridized carbons (Fsp3) is 0.364. The molecule has 1 amide bonds. The summed E-state index contributed by atoms with van der Waals surface area (Å²) in [7, 11) is 0. The molecule has 2 unspecified atom stereocenters. The van der Waals surface area contributed by atoms with Gasteiger partial charge in [0.05, 0.1) is 27.5 Å². The molecule has 1 aliphatic rings. The number of amides is 1. The van der Waals surface area contributed by atoms with Crippen LogP contribution in [0.3, 0.4) is 0 Å². The predicted molar refractivity (Wildman–Crippen MR) is 171 cm³/mol. The van der Waals surface area contributed by atoms with Crippen LogP contribution in [-0.4, -0.2) is 60.6 Å². The van der Waals surface area contributed by atoms with E-state index in [0.29, 0.717) is 35.7 Å². The second-order valence-corrected chi connectivity index (χ2v) is 12.3. The van der Waals surface area contributed by atoms with Crippen LogP contribution in [0, 0.1) is 5.82 Å². The highest BCUT2D eigenvalue weighted by atomic mass is 35.5. The number of aromatic hydroxyl groups is 1. The van der Waals surface area contributed by atoms with Crippen molar-refractivity contribution in [3.05, 3.63) is 81.8 Å². The molecular weight excluding hydrogens is 583 g/mol. The minimum Gasteiger partial charge on any atom is -0.508 e. The highest BCUT2D eigenvalue weighted by Gasteiger charge is 2.34. The van der Waals surface area contributed by atoms with E-state index in [9.17, 15) is 14.7 Å². The summed E-state index contributed by atoms with van der Waals surface area (Å²) in [6, 6.07) is 6.74. The molecule has 44 heavy (non-hydrogen) atoms. The average Bonchev–Trinajstić information content (AvgIpc) is 2.98. The molecule has 3 aromatic heterocycles. The molecule has 0 bridgehead atoms. The summed E-state index contributed by atoms with van der Waals surface area (Å²) in [6.07, 6.45) is 3.03. The van der Waals surface area contributed by atoms with Gasteiger partial charge in [-0.15, -0.1) is 0 Å². The molecule has 1 aliphatic heterocycles. The molecule has 0 radical (unpaired) electrons. The van der Waals surface area contributed by atoms with Gasteiger partial charge in [0.15, 0.2) is 5.65 Å². The average molecular weight is 619 g/mol. The molecular formula is C33H36ClFN6O3. The lowest BCUT2D eigenvalue weighted by Gasteiger charge is -2.44. The van der Waals surface area contributed by atoms with E-state index in [0.717, 1.165) is 11.6 Å². The van der Waals surface area contributed by atoms with Gasteiger partial charge in [0.25, 0.3) is 0 Å². The van der Waals surface area contributed by atoms with Crippen LogP contribution in [0.15, 0.2) is 54.0 Å². The standard InChI is InChI=1S/C33H36ClFN6O3/c1-8-27(43)39-15-20(7)40(16-19(39)6)31-24-14-25(34)29(23-13-21(42)9-10-26(23)35)37-32(24)41(33(44)38-31)30-22(17(2)3)11-12-36-28(30)18(4)5/h8-14,17-20,42H,1,15-16H2,2-7H3. The number of piperazine rings is 1. The van der Waals surface area contributed by atoms with Crippen molar-refractivity contribution in [3.63, 3.8) is 0 Å². The summed E-state index contributed by atoms with van der Waals surface area (Å²) < 4.78 is 16.6. The Hall–Kier alpha value is -4.31. The highest BCUT2D eigenvalue weighted by Crippen LogP contribution is 2.38. The van der Waals surface area contributed by atoms with E-state index in [-0.39, 0.29) is 57.5 Å². The zero-order chi connectivity index (χ0) is 32.0. The van der Waals surface area contributed by atoms with Crippen molar-refractivity contribution in [2.45, 2.75) is 65.5 Å². The largest absolute Gasteiger partial charge is 0.508 e. The van der Waals surface area contributed by atoms with Crippen LogP contribution in [-0.2, 0) is 4.79 Å². The molecule has 1 saturated heterocycles. The van der Waals surface area contributed by atoms with E-state index in [4.69, 9.17) is 16.6 Å². The molecule has 230 valence electrons. The predicted octanol–water partition coefficient (Wildman–Crippen LogP) is 6.20. The maximum Gasteiger partial charge on any atom is 0.355 e. The van der Waals surface area contributed by atoms with Gasteiger partial charge in [-0.25, -0.2) is 18.7 Å². The number of benzene rings is 1. The molecule has 11 heteroatoms. The molecule has 0 saturated carbocycles. The summed E-state index contributed by atoms with van der Waals surface area (Å²) in [5.74, 6) is -0.602. The molecule has 1 aromatic carbocycles. The van der Waals surface area contributed by atoms with Crippen LogP contribution < -0.4 is 10.6 Å². The Morgan fingerprint density at radius 2 is 1.82 bits per heavy atom. The lowest BCUT2D eigenvalue weighted by Crippen LogP contribution is -2.58. The number of carbonyl (C=O) groups is 1. The summed E-state index contributed by atoms with van der Waals surface area (Å²) in [6.45, 7) is 16.3. The van der Waals surface area contributed by atoms with Crippen molar-refractivity contribution < 1.29 is 14.3 Å². The van der Waals surface area contributed by atoms with Gasteiger partial charge in [-0.2, -0.15) is 4.98 Å². The normalized spacial score (nSPS) is 17.1. The molecule has 5 rings (SSSR count). The van der Waals surface area contributed by atoms with Crippen molar-refractivity contribution in [2.75, 3.05) is 18.0 Å². The van der Waals surface area contributed by atoms with Gasteiger partial charge in [0.1, 0.15) is 17.4 Å². The van der Waals surface area contributed by atoms with Crippen LogP contribution in [0.2, 0.25) is 5.02 Å². The topological polar surface area (TPSA) is 104 Å². The minimum atomic E-state index is -0.628. The summed E-state index contributed by atoms with van der Waals surface area (Å²) in [4.78, 5) is 44.6. The van der Waals surface area contributed by atoms with Crippen LogP contribution >= 0.6 is 11.6 Å². The number of rotatable bonds is 6. The third-order valence-corrected chi connectivity index (χ3v) is 8.39. The number of anilines is 1. The van der Waals surface area contributed by atoms with E-state index in [1.807, 2.05) is 52.5 Å². The maximum atomic E-state index is 15.1. The first-order chi connectivity index (χ1) is 20.8. The quantitative estimate of drug-likeness (QED) is 0.257. The molecule has 1 N–H and O–H groups in total. The van der Waals surface area contributed by atoms with Gasteiger partial charge in [-0.3, -0.25) is 9.78 Å². The zero-order valence-corrected chi connectivity index (χ0v) is 26.4. The number of hydrogen-bond donors (Lipinski definition) is 1. The van der Waals surface area contributed by atoms with Crippen molar-refractivity contribution in [1.82, 2.24) is 24.4 Å². The van der Waals surface area contributed by atoms with Crippen LogP contribution in [0.4, 0.5) is 10.2 Å². The smallest absolute Gasteiger partial charge is 0.355 e. The Balaban J connectivity index is 1.87. The monoisotopic (exact) mass is 618 g/mol. The van der Waals surface area contributed by atoms with Gasteiger partial charge in [-0.05, 0) is 67.7 Å². The summed E-state index contributed by atoms with van der Waals surface area (Å²) in [5, 5.41) is 10.8. The van der Waals surface area contributed by atoms with Crippen LogP contribution in [0.5, 0.6) is 5.75 Å². The Kier molecular flexibility index (Phi) is 8.49. The van der Waals surface area contributed by atoms with E-state index >= 15 is 4.39 Å². The number of phenolic OH excluding ortho intramolecular Hbond substituents is 1. The minimum absolute atomic E-state index is 0.00726. The first-order valence-corrected chi connectivity index (χ1v) is 15.0. The van der Waals surface area contributed by atoms with E-state index in [1.165, 1.54) is 22.8 Å². The van der Waals surface area contributed by atoms with E-state index in [2.05, 4.69) is 16.5 Å². The SMILES string of the molecule is C=CC(=O)N1CC(C)N(c2nc(=O)n(-c3c(C(C)C)ccnc3C(C)C)c3nc(-c4cc(O)ccc4F)c(Cl)cc23)CC1C. The third kappa shape index (κ3) is 5.43. The number of hydrogen-bond acceptors (Lipinski definition) is 7. The Morgan fingerprint density at radius 3 is 2.48 bits per heavy atom. The lowest BCUT2D eigenvalue weighted by atomic mass is 9.97. The number of carbonyl (C=O) groups excluding carboxylic acids is 1. The fourth-order valence-corrected chi connectivity index (χ4v) is 6.13. The van der Waals surface area contributed by atoms with Crippen LogP contribution in [0.25, 0.3) is 28.0 Å². The molecule has 0 aliphatic carbocycles. The fourth-order valence-electron chi connectivity index (χ4n) is 5.87. The van der Waals surface area contributed by atoms with Crippen molar-refractivity contribution >= 4 is 34.4 Å². The zero-order valence-electron chi connectivity index (χ0n) is 25.7. The molecule has 9 nitrogen and oxygen atoms in total. The van der Waals surface area contributed by atoms with E-state index < -0.39 is 11.5 Å².